The molecule has 0 saturated heterocycles. The Balaban J connectivity index is 2.13. The molecule has 0 saturated carbocycles. The fourth-order valence-corrected chi connectivity index (χ4v) is 2.46. The van der Waals surface area contributed by atoms with Crippen molar-refractivity contribution in [1.82, 2.24) is 5.32 Å². The molecule has 2 rings (SSSR count). The molecule has 0 fully saturated rings. The first-order valence-corrected chi connectivity index (χ1v) is 8.51. The maximum Gasteiger partial charge on any atom is 0.335 e. The number of ether oxygens (including phenoxy) is 1. The fraction of sp³-hybridized carbons (Fsp3) is 0.250. The third kappa shape index (κ3) is 5.06. The van der Waals surface area contributed by atoms with Gasteiger partial charge in [0.2, 0.25) is 5.91 Å². The normalized spacial score (nSPS) is 11.6. The molecular weight excluding hydrogens is 367 g/mol. The number of hydrogen-bond acceptors (Lipinski definition) is 4. The van der Waals surface area contributed by atoms with Crippen LogP contribution in [0.25, 0.3) is 0 Å². The molecule has 2 amide bonds. The second-order valence-corrected chi connectivity index (χ2v) is 6.41. The van der Waals surface area contributed by atoms with Gasteiger partial charge < -0.3 is 20.5 Å². The van der Waals surface area contributed by atoms with Crippen molar-refractivity contribution in [1.29, 1.82) is 0 Å². The van der Waals surface area contributed by atoms with Gasteiger partial charge in [-0.25, -0.2) is 9.18 Å². The van der Waals surface area contributed by atoms with E-state index in [1.54, 1.807) is 38.1 Å². The molecule has 1 unspecified atom stereocenters. The van der Waals surface area contributed by atoms with E-state index in [0.29, 0.717) is 11.3 Å². The lowest BCUT2D eigenvalue weighted by atomic mass is 10.0. The number of carbonyl (C=O) groups is 3. The lowest BCUT2D eigenvalue weighted by Gasteiger charge is -2.22. The van der Waals surface area contributed by atoms with Gasteiger partial charge >= 0.3 is 5.97 Å². The SMILES string of the molecule is COc1ccc(C(=O)NC(C(=O)Nc2ccc(C(=O)O)cc2F)C(C)C)cc1. The van der Waals surface area contributed by atoms with Gasteiger partial charge in [-0.05, 0) is 48.4 Å². The van der Waals surface area contributed by atoms with E-state index in [-0.39, 0.29) is 17.2 Å². The molecule has 0 aliphatic carbocycles. The number of nitrogens with one attached hydrogen (secondary N) is 2. The molecule has 7 nitrogen and oxygen atoms in total. The maximum absolute atomic E-state index is 14.1. The zero-order chi connectivity index (χ0) is 20.8. The van der Waals surface area contributed by atoms with Crippen molar-refractivity contribution in [2.45, 2.75) is 19.9 Å². The zero-order valence-electron chi connectivity index (χ0n) is 15.7. The highest BCUT2D eigenvalue weighted by molar-refractivity contribution is 6.01. The standard InChI is InChI=1S/C20H21FN2O5/c1-11(2)17(23-18(24)12-4-7-14(28-3)8-5-12)19(25)22-16-9-6-13(20(26)27)10-15(16)21/h4-11,17H,1-3H3,(H,22,25)(H,23,24)(H,26,27). The van der Waals surface area contributed by atoms with Crippen LogP contribution in [0.5, 0.6) is 5.75 Å². The number of carboxylic acid groups (broad SMARTS) is 1. The average Bonchev–Trinajstić information content (AvgIpc) is 2.66. The first-order chi connectivity index (χ1) is 13.2. The maximum atomic E-state index is 14.1. The van der Waals surface area contributed by atoms with Crippen LogP contribution in [0.3, 0.4) is 0 Å². The van der Waals surface area contributed by atoms with Gasteiger partial charge in [0, 0.05) is 5.56 Å². The molecule has 1 atom stereocenters. The van der Waals surface area contributed by atoms with Crippen LogP contribution >= 0.6 is 0 Å². The van der Waals surface area contributed by atoms with E-state index in [1.807, 2.05) is 0 Å². The lowest BCUT2D eigenvalue weighted by Crippen LogP contribution is -2.47. The Bertz CT molecular complexity index is 881. The molecule has 0 spiro atoms. The summed E-state index contributed by atoms with van der Waals surface area (Å²) >= 11 is 0. The minimum absolute atomic E-state index is 0.167. The van der Waals surface area contributed by atoms with Crippen molar-refractivity contribution >= 4 is 23.5 Å². The molecule has 28 heavy (non-hydrogen) atoms. The molecule has 148 valence electrons. The lowest BCUT2D eigenvalue weighted by molar-refractivity contribution is -0.118. The van der Waals surface area contributed by atoms with Crippen molar-refractivity contribution in [3.63, 3.8) is 0 Å². The number of aromatic carboxylic acids is 1. The van der Waals surface area contributed by atoms with Gasteiger partial charge in [-0.1, -0.05) is 13.8 Å². The number of carbonyl (C=O) groups excluding carboxylic acids is 2. The molecule has 0 aliphatic rings. The molecule has 3 N–H and O–H groups in total. The number of rotatable bonds is 7. The Morgan fingerprint density at radius 2 is 1.64 bits per heavy atom. The van der Waals surface area contributed by atoms with E-state index in [1.165, 1.54) is 19.2 Å². The zero-order valence-corrected chi connectivity index (χ0v) is 15.7. The average molecular weight is 388 g/mol. The Morgan fingerprint density at radius 1 is 1.04 bits per heavy atom. The van der Waals surface area contributed by atoms with Gasteiger partial charge in [0.15, 0.2) is 0 Å². The van der Waals surface area contributed by atoms with Crippen molar-refractivity contribution < 1.29 is 28.6 Å². The predicted molar refractivity (Wildman–Crippen MR) is 101 cm³/mol. The van der Waals surface area contributed by atoms with E-state index in [0.717, 1.165) is 6.07 Å². The molecular formula is C20H21FN2O5. The highest BCUT2D eigenvalue weighted by atomic mass is 19.1. The number of halogens is 1. The van der Waals surface area contributed by atoms with Crippen LogP contribution in [0.15, 0.2) is 42.5 Å². The summed E-state index contributed by atoms with van der Waals surface area (Å²) in [4.78, 5) is 35.9. The number of hydrogen-bond donors (Lipinski definition) is 3. The molecule has 2 aromatic carbocycles. The molecule has 0 aliphatic heterocycles. The number of carboxylic acids is 1. The van der Waals surface area contributed by atoms with Crippen molar-refractivity contribution in [2.24, 2.45) is 5.92 Å². The van der Waals surface area contributed by atoms with E-state index >= 15 is 0 Å². The highest BCUT2D eigenvalue weighted by Gasteiger charge is 2.25. The molecule has 0 heterocycles. The van der Waals surface area contributed by atoms with Gasteiger partial charge in [0.25, 0.3) is 5.91 Å². The van der Waals surface area contributed by atoms with Gasteiger partial charge in [0.1, 0.15) is 17.6 Å². The Kier molecular flexibility index (Phi) is 6.70. The van der Waals surface area contributed by atoms with Crippen LogP contribution in [0.4, 0.5) is 10.1 Å². The highest BCUT2D eigenvalue weighted by Crippen LogP contribution is 2.18. The van der Waals surface area contributed by atoms with Crippen molar-refractivity contribution in [3.05, 3.63) is 59.4 Å². The summed E-state index contributed by atoms with van der Waals surface area (Å²) in [6.45, 7) is 3.48. The van der Waals surface area contributed by atoms with E-state index in [4.69, 9.17) is 9.84 Å². The Hall–Kier alpha value is -3.42. The molecule has 0 bridgehead atoms. The quantitative estimate of drug-likeness (QED) is 0.676. The summed E-state index contributed by atoms with van der Waals surface area (Å²) in [6, 6.07) is 8.62. The van der Waals surface area contributed by atoms with Crippen LogP contribution in [0.1, 0.15) is 34.6 Å². The molecule has 0 radical (unpaired) electrons. The van der Waals surface area contributed by atoms with Gasteiger partial charge in [-0.15, -0.1) is 0 Å². The summed E-state index contributed by atoms with van der Waals surface area (Å²) in [7, 11) is 1.51. The summed E-state index contributed by atoms with van der Waals surface area (Å²) in [5, 5.41) is 13.9. The van der Waals surface area contributed by atoms with Crippen LogP contribution < -0.4 is 15.4 Å². The topological polar surface area (TPSA) is 105 Å². The first kappa shape index (κ1) is 20.9. The molecule has 0 aromatic heterocycles. The second-order valence-electron chi connectivity index (χ2n) is 6.41. The summed E-state index contributed by atoms with van der Waals surface area (Å²) in [6.07, 6.45) is 0. The predicted octanol–water partition coefficient (Wildman–Crippen LogP) is 2.93. The van der Waals surface area contributed by atoms with Crippen LogP contribution in [0.2, 0.25) is 0 Å². The van der Waals surface area contributed by atoms with Crippen LogP contribution in [-0.4, -0.2) is 36.0 Å². The van der Waals surface area contributed by atoms with Gasteiger partial charge in [0.05, 0.1) is 18.4 Å². The minimum Gasteiger partial charge on any atom is -0.497 e. The third-order valence-electron chi connectivity index (χ3n) is 4.06. The summed E-state index contributed by atoms with van der Waals surface area (Å²) in [5.74, 6) is -2.91. The van der Waals surface area contributed by atoms with Crippen LogP contribution in [0, 0.1) is 11.7 Å². The smallest absolute Gasteiger partial charge is 0.335 e. The van der Waals surface area contributed by atoms with Gasteiger partial charge in [-0.2, -0.15) is 0 Å². The monoisotopic (exact) mass is 388 g/mol. The Morgan fingerprint density at radius 3 is 2.14 bits per heavy atom. The number of anilines is 1. The van der Waals surface area contributed by atoms with E-state index in [2.05, 4.69) is 10.6 Å². The fourth-order valence-electron chi connectivity index (χ4n) is 2.46. The molecule has 2 aromatic rings. The van der Waals surface area contributed by atoms with Gasteiger partial charge in [-0.3, -0.25) is 9.59 Å². The largest absolute Gasteiger partial charge is 0.497 e. The summed E-state index contributed by atoms with van der Waals surface area (Å²) < 4.78 is 19.1. The second kappa shape index (κ2) is 8.98. The third-order valence-corrected chi connectivity index (χ3v) is 4.06. The minimum atomic E-state index is -1.27. The number of amides is 2. The summed E-state index contributed by atoms with van der Waals surface area (Å²) in [5.41, 5.74) is -0.0562. The first-order valence-electron chi connectivity index (χ1n) is 8.51. The van der Waals surface area contributed by atoms with E-state index < -0.39 is 29.6 Å². The van der Waals surface area contributed by atoms with Crippen LogP contribution in [-0.2, 0) is 4.79 Å². The molecule has 8 heteroatoms. The number of methoxy groups -OCH3 is 1. The number of benzene rings is 2. The van der Waals surface area contributed by atoms with Crippen molar-refractivity contribution in [2.75, 3.05) is 12.4 Å². The Labute approximate surface area is 161 Å². The van der Waals surface area contributed by atoms with Crippen molar-refractivity contribution in [3.8, 4) is 5.75 Å². The van der Waals surface area contributed by atoms with E-state index in [9.17, 15) is 18.8 Å².